The van der Waals surface area contributed by atoms with Crippen molar-refractivity contribution in [2.45, 2.75) is 13.8 Å². The highest BCUT2D eigenvalue weighted by molar-refractivity contribution is 6.13. The normalized spacial score (nSPS) is 11.3. The van der Waals surface area contributed by atoms with Gasteiger partial charge in [0.2, 0.25) is 0 Å². The molecule has 1 aromatic heterocycles. The van der Waals surface area contributed by atoms with Crippen molar-refractivity contribution in [3.05, 3.63) is 96.1 Å². The summed E-state index contributed by atoms with van der Waals surface area (Å²) in [5.41, 5.74) is 9.08. The standard InChI is InChI=1S/C26H20O/c1-17-7-3-9-19(15-17)21-11-5-13-23-24-14-6-12-22(26(24)27-25(21)23)20-10-4-8-18(2)16-20/h3-16H,1-2H3. The van der Waals surface area contributed by atoms with Gasteiger partial charge in [-0.15, -0.1) is 0 Å². The van der Waals surface area contributed by atoms with E-state index < -0.39 is 0 Å². The topological polar surface area (TPSA) is 13.1 Å². The van der Waals surface area contributed by atoms with Gasteiger partial charge in [-0.2, -0.15) is 0 Å². The van der Waals surface area contributed by atoms with Crippen LogP contribution in [0.2, 0.25) is 0 Å². The zero-order valence-electron chi connectivity index (χ0n) is 15.5. The number of aryl methyl sites for hydroxylation is 2. The second-order valence-corrected chi connectivity index (χ2v) is 7.21. The van der Waals surface area contributed by atoms with E-state index >= 15 is 0 Å². The first kappa shape index (κ1) is 15.9. The van der Waals surface area contributed by atoms with E-state index in [1.807, 2.05) is 0 Å². The Labute approximate surface area is 158 Å². The molecule has 1 heterocycles. The van der Waals surface area contributed by atoms with Gasteiger partial charge in [-0.25, -0.2) is 0 Å². The molecule has 0 fully saturated rings. The molecule has 0 aliphatic heterocycles. The van der Waals surface area contributed by atoms with E-state index in [4.69, 9.17) is 4.42 Å². The quantitative estimate of drug-likeness (QED) is 0.321. The van der Waals surface area contributed by atoms with Crippen molar-refractivity contribution in [3.63, 3.8) is 0 Å². The first-order valence-electron chi connectivity index (χ1n) is 9.29. The van der Waals surface area contributed by atoms with Gasteiger partial charge < -0.3 is 4.42 Å². The van der Waals surface area contributed by atoms with Gasteiger partial charge in [0, 0.05) is 21.9 Å². The fourth-order valence-electron chi connectivity index (χ4n) is 3.90. The van der Waals surface area contributed by atoms with Crippen LogP contribution in [-0.2, 0) is 0 Å². The summed E-state index contributed by atoms with van der Waals surface area (Å²) in [5, 5.41) is 2.33. The molecule has 0 radical (unpaired) electrons. The molecule has 0 saturated carbocycles. The number of fused-ring (bicyclic) bond motifs is 3. The molecule has 0 N–H and O–H groups in total. The number of para-hydroxylation sites is 2. The molecule has 0 saturated heterocycles. The number of hydrogen-bond acceptors (Lipinski definition) is 1. The first-order valence-corrected chi connectivity index (χ1v) is 9.29. The van der Waals surface area contributed by atoms with Crippen LogP contribution < -0.4 is 0 Å². The van der Waals surface area contributed by atoms with Crippen LogP contribution in [0, 0.1) is 13.8 Å². The van der Waals surface area contributed by atoms with Crippen LogP contribution in [0.5, 0.6) is 0 Å². The van der Waals surface area contributed by atoms with E-state index in [-0.39, 0.29) is 0 Å². The summed E-state index contributed by atoms with van der Waals surface area (Å²) in [6, 6.07) is 30.0. The lowest BCUT2D eigenvalue weighted by Gasteiger charge is -2.04. The molecular weight excluding hydrogens is 328 g/mol. The summed E-state index contributed by atoms with van der Waals surface area (Å²) in [6.45, 7) is 4.25. The van der Waals surface area contributed by atoms with Gasteiger partial charge in [-0.3, -0.25) is 0 Å². The first-order chi connectivity index (χ1) is 13.2. The summed E-state index contributed by atoms with van der Waals surface area (Å²) in [5.74, 6) is 0. The Morgan fingerprint density at radius 2 is 0.963 bits per heavy atom. The Morgan fingerprint density at radius 3 is 1.41 bits per heavy atom. The molecule has 0 aliphatic carbocycles. The summed E-state index contributed by atoms with van der Waals surface area (Å²) >= 11 is 0. The lowest BCUT2D eigenvalue weighted by Crippen LogP contribution is -1.80. The van der Waals surface area contributed by atoms with E-state index in [1.165, 1.54) is 33.0 Å². The lowest BCUT2D eigenvalue weighted by atomic mass is 9.99. The van der Waals surface area contributed by atoms with Crippen LogP contribution >= 0.6 is 0 Å². The molecule has 1 nitrogen and oxygen atoms in total. The van der Waals surface area contributed by atoms with E-state index in [2.05, 4.69) is 98.8 Å². The molecule has 0 bridgehead atoms. The third kappa shape index (κ3) is 2.63. The number of hydrogen-bond donors (Lipinski definition) is 0. The van der Waals surface area contributed by atoms with E-state index in [0.29, 0.717) is 0 Å². The maximum Gasteiger partial charge on any atom is 0.143 e. The van der Waals surface area contributed by atoms with Crippen molar-refractivity contribution >= 4 is 21.9 Å². The van der Waals surface area contributed by atoms with Crippen molar-refractivity contribution in [1.82, 2.24) is 0 Å². The molecule has 4 aromatic carbocycles. The maximum atomic E-state index is 6.50. The average Bonchev–Trinajstić information content (AvgIpc) is 3.07. The molecule has 0 atom stereocenters. The molecule has 130 valence electrons. The van der Waals surface area contributed by atoms with Gasteiger partial charge in [0.25, 0.3) is 0 Å². The molecule has 5 aromatic rings. The zero-order chi connectivity index (χ0) is 18.4. The molecule has 27 heavy (non-hydrogen) atoms. The number of furan rings is 1. The van der Waals surface area contributed by atoms with Crippen LogP contribution in [0.15, 0.2) is 89.3 Å². The molecule has 5 rings (SSSR count). The van der Waals surface area contributed by atoms with Gasteiger partial charge in [0.05, 0.1) is 0 Å². The van der Waals surface area contributed by atoms with Crippen LogP contribution in [0.1, 0.15) is 11.1 Å². The zero-order valence-corrected chi connectivity index (χ0v) is 15.5. The van der Waals surface area contributed by atoms with E-state index in [0.717, 1.165) is 22.3 Å². The Balaban J connectivity index is 1.83. The lowest BCUT2D eigenvalue weighted by molar-refractivity contribution is 0.671. The predicted molar refractivity (Wildman–Crippen MR) is 114 cm³/mol. The summed E-state index contributed by atoms with van der Waals surface area (Å²) < 4.78 is 6.50. The largest absolute Gasteiger partial charge is 0.455 e. The van der Waals surface area contributed by atoms with Crippen LogP contribution in [0.3, 0.4) is 0 Å². The third-order valence-corrected chi connectivity index (χ3v) is 5.18. The highest BCUT2D eigenvalue weighted by atomic mass is 16.3. The van der Waals surface area contributed by atoms with Crippen LogP contribution in [-0.4, -0.2) is 0 Å². The van der Waals surface area contributed by atoms with Crippen LogP contribution in [0.4, 0.5) is 0 Å². The smallest absolute Gasteiger partial charge is 0.143 e. The monoisotopic (exact) mass is 348 g/mol. The third-order valence-electron chi connectivity index (χ3n) is 5.18. The second-order valence-electron chi connectivity index (χ2n) is 7.21. The second kappa shape index (κ2) is 6.14. The summed E-state index contributed by atoms with van der Waals surface area (Å²) in [4.78, 5) is 0. The van der Waals surface area contributed by atoms with Gasteiger partial charge in [-0.05, 0) is 25.0 Å². The Bertz CT molecular complexity index is 1190. The predicted octanol–water partition coefficient (Wildman–Crippen LogP) is 7.54. The molecular formula is C26H20O. The van der Waals surface area contributed by atoms with E-state index in [1.54, 1.807) is 0 Å². The van der Waals surface area contributed by atoms with Crippen molar-refractivity contribution in [2.75, 3.05) is 0 Å². The maximum absolute atomic E-state index is 6.50. The number of rotatable bonds is 2. The van der Waals surface area contributed by atoms with Gasteiger partial charge >= 0.3 is 0 Å². The molecule has 0 unspecified atom stereocenters. The Hall–Kier alpha value is -3.32. The van der Waals surface area contributed by atoms with Gasteiger partial charge in [0.1, 0.15) is 11.2 Å². The molecule has 0 amide bonds. The summed E-state index contributed by atoms with van der Waals surface area (Å²) in [7, 11) is 0. The highest BCUT2D eigenvalue weighted by Crippen LogP contribution is 2.39. The van der Waals surface area contributed by atoms with Crippen molar-refractivity contribution in [3.8, 4) is 22.3 Å². The van der Waals surface area contributed by atoms with Crippen LogP contribution in [0.25, 0.3) is 44.2 Å². The highest BCUT2D eigenvalue weighted by Gasteiger charge is 2.15. The minimum atomic E-state index is 0.957. The van der Waals surface area contributed by atoms with Crippen molar-refractivity contribution in [1.29, 1.82) is 0 Å². The van der Waals surface area contributed by atoms with E-state index in [9.17, 15) is 0 Å². The number of benzene rings is 4. The van der Waals surface area contributed by atoms with Crippen molar-refractivity contribution in [2.24, 2.45) is 0 Å². The van der Waals surface area contributed by atoms with Gasteiger partial charge in [-0.1, -0.05) is 96.1 Å². The SMILES string of the molecule is Cc1cccc(-c2cccc3c2oc2c(-c4cccc(C)c4)cccc23)c1. The Kier molecular flexibility index (Phi) is 3.61. The van der Waals surface area contributed by atoms with Crippen molar-refractivity contribution < 1.29 is 4.42 Å². The van der Waals surface area contributed by atoms with Gasteiger partial charge in [0.15, 0.2) is 0 Å². The minimum Gasteiger partial charge on any atom is -0.455 e. The fourth-order valence-corrected chi connectivity index (χ4v) is 3.90. The molecule has 1 heteroatoms. The molecule has 0 spiro atoms. The molecule has 0 aliphatic rings. The Morgan fingerprint density at radius 1 is 0.519 bits per heavy atom. The summed E-state index contributed by atoms with van der Waals surface area (Å²) in [6.07, 6.45) is 0. The minimum absolute atomic E-state index is 0.957. The average molecular weight is 348 g/mol. The fraction of sp³-hybridized carbons (Fsp3) is 0.0769.